The van der Waals surface area contributed by atoms with Gasteiger partial charge in [-0.15, -0.1) is 0 Å². The Balaban J connectivity index is 2.43. The van der Waals surface area contributed by atoms with Crippen LogP contribution in [0, 0.1) is 0 Å². The van der Waals surface area contributed by atoms with Crippen LogP contribution in [0.5, 0.6) is 0 Å². The Kier molecular flexibility index (Phi) is 7.42. The van der Waals surface area contributed by atoms with E-state index in [1.165, 1.54) is 7.11 Å². The van der Waals surface area contributed by atoms with Gasteiger partial charge in [-0.1, -0.05) is 0 Å². The molecule has 0 aliphatic carbocycles. The molecule has 0 radical (unpaired) electrons. The van der Waals surface area contributed by atoms with Crippen molar-refractivity contribution >= 4 is 11.9 Å². The molecule has 1 aromatic rings. The Morgan fingerprint density at radius 1 is 1.25 bits per heavy atom. The van der Waals surface area contributed by atoms with Gasteiger partial charge in [0.15, 0.2) is 0 Å². The van der Waals surface area contributed by atoms with Gasteiger partial charge in [-0.05, 0) is 12.1 Å². The van der Waals surface area contributed by atoms with Crippen molar-refractivity contribution < 1.29 is 23.5 Å². The van der Waals surface area contributed by atoms with E-state index < -0.39 is 0 Å². The molecule has 1 amide bonds. The zero-order valence-electron chi connectivity index (χ0n) is 12.0. The van der Waals surface area contributed by atoms with Gasteiger partial charge in [0.25, 0.3) is 0 Å². The number of furan rings is 1. The van der Waals surface area contributed by atoms with E-state index in [2.05, 4.69) is 4.74 Å². The van der Waals surface area contributed by atoms with E-state index in [9.17, 15) is 9.59 Å². The van der Waals surface area contributed by atoms with Gasteiger partial charge in [-0.2, -0.15) is 0 Å². The molecule has 0 aliphatic heterocycles. The number of esters is 1. The van der Waals surface area contributed by atoms with Crippen molar-refractivity contribution in [1.82, 2.24) is 4.90 Å². The number of ether oxygens (including phenoxy) is 2. The van der Waals surface area contributed by atoms with Gasteiger partial charge in [0.05, 0.1) is 26.4 Å². The summed E-state index contributed by atoms with van der Waals surface area (Å²) in [4.78, 5) is 24.9. The van der Waals surface area contributed by atoms with Crippen LogP contribution >= 0.6 is 0 Å². The number of amides is 1. The molecular weight excluding hydrogens is 262 g/mol. The number of methoxy groups -OCH3 is 2. The van der Waals surface area contributed by atoms with Crippen molar-refractivity contribution in [2.24, 2.45) is 0 Å². The summed E-state index contributed by atoms with van der Waals surface area (Å²) in [7, 11) is 2.91. The van der Waals surface area contributed by atoms with E-state index in [1.807, 2.05) is 6.07 Å². The van der Waals surface area contributed by atoms with Gasteiger partial charge < -0.3 is 18.8 Å². The third-order valence-corrected chi connectivity index (χ3v) is 2.90. The molecule has 0 fully saturated rings. The Hall–Kier alpha value is -1.82. The Morgan fingerprint density at radius 3 is 2.65 bits per heavy atom. The fraction of sp³-hybridized carbons (Fsp3) is 0.571. The lowest BCUT2D eigenvalue weighted by atomic mass is 10.2. The minimum Gasteiger partial charge on any atom is -0.469 e. The van der Waals surface area contributed by atoms with Gasteiger partial charge in [0.2, 0.25) is 5.91 Å². The molecule has 0 aliphatic rings. The second-order valence-electron chi connectivity index (χ2n) is 4.28. The number of hydrogen-bond donors (Lipinski definition) is 0. The fourth-order valence-electron chi connectivity index (χ4n) is 1.73. The van der Waals surface area contributed by atoms with E-state index in [4.69, 9.17) is 9.15 Å². The predicted molar refractivity (Wildman–Crippen MR) is 72.1 cm³/mol. The highest BCUT2D eigenvalue weighted by Gasteiger charge is 2.15. The van der Waals surface area contributed by atoms with Crippen molar-refractivity contribution in [1.29, 1.82) is 0 Å². The molecule has 0 saturated carbocycles. The molecule has 112 valence electrons. The average Bonchev–Trinajstić information content (AvgIpc) is 2.97. The summed E-state index contributed by atoms with van der Waals surface area (Å²) < 4.78 is 14.7. The Labute approximate surface area is 118 Å². The number of carbonyl (C=O) groups excluding carboxylic acids is 2. The zero-order valence-corrected chi connectivity index (χ0v) is 12.0. The first-order chi connectivity index (χ1) is 9.67. The Morgan fingerprint density at radius 2 is 2.05 bits per heavy atom. The van der Waals surface area contributed by atoms with Crippen LogP contribution in [0.1, 0.15) is 18.6 Å². The van der Waals surface area contributed by atoms with Crippen LogP contribution in [0.3, 0.4) is 0 Å². The number of carbonyl (C=O) groups is 2. The van der Waals surface area contributed by atoms with E-state index in [0.717, 1.165) is 5.76 Å². The number of aryl methyl sites for hydroxylation is 1. The molecular formula is C14H21NO5. The second kappa shape index (κ2) is 9.14. The normalized spacial score (nSPS) is 10.3. The van der Waals surface area contributed by atoms with Crippen LogP contribution in [0.2, 0.25) is 0 Å². The van der Waals surface area contributed by atoms with Crippen LogP contribution in [0.4, 0.5) is 0 Å². The minimum atomic E-state index is -0.328. The summed E-state index contributed by atoms with van der Waals surface area (Å²) in [6, 6.07) is 3.63. The van der Waals surface area contributed by atoms with Crippen molar-refractivity contribution in [3.05, 3.63) is 24.2 Å². The molecule has 6 heteroatoms. The van der Waals surface area contributed by atoms with E-state index in [1.54, 1.807) is 24.3 Å². The molecule has 0 aromatic carbocycles. The van der Waals surface area contributed by atoms with Gasteiger partial charge in [0, 0.05) is 33.0 Å². The molecule has 0 bridgehead atoms. The monoisotopic (exact) mass is 283 g/mol. The number of hydrogen-bond acceptors (Lipinski definition) is 5. The largest absolute Gasteiger partial charge is 0.469 e. The maximum absolute atomic E-state index is 12.1. The third-order valence-electron chi connectivity index (χ3n) is 2.90. The highest BCUT2D eigenvalue weighted by molar-refractivity contribution is 5.77. The molecule has 0 unspecified atom stereocenters. The fourth-order valence-corrected chi connectivity index (χ4v) is 1.73. The van der Waals surface area contributed by atoms with Crippen LogP contribution in [0.25, 0.3) is 0 Å². The van der Waals surface area contributed by atoms with Crippen LogP contribution in [-0.2, 0) is 25.5 Å². The number of rotatable bonds is 9. The first kappa shape index (κ1) is 16.2. The first-order valence-electron chi connectivity index (χ1n) is 6.53. The van der Waals surface area contributed by atoms with Crippen molar-refractivity contribution in [3.8, 4) is 0 Å². The van der Waals surface area contributed by atoms with Crippen LogP contribution in [-0.4, -0.2) is 50.7 Å². The predicted octanol–water partition coefficient (Wildman–Crippen LogP) is 1.25. The smallest absolute Gasteiger partial charge is 0.307 e. The molecule has 20 heavy (non-hydrogen) atoms. The minimum absolute atomic E-state index is 0.0256. The van der Waals surface area contributed by atoms with Crippen LogP contribution in [0.15, 0.2) is 22.8 Å². The Bertz CT molecular complexity index is 402. The lowest BCUT2D eigenvalue weighted by Gasteiger charge is -2.21. The standard InChI is InChI=1S/C14H21NO5/c1-18-11-9-15(8-7-14(17)19-2)13(16)6-5-12-4-3-10-20-12/h3-4,10H,5-9,11H2,1-2H3. The average molecular weight is 283 g/mol. The summed E-state index contributed by atoms with van der Waals surface area (Å²) in [5, 5.41) is 0. The summed E-state index contributed by atoms with van der Waals surface area (Å²) in [5.74, 6) is 0.423. The van der Waals surface area contributed by atoms with Crippen molar-refractivity contribution in [2.45, 2.75) is 19.3 Å². The summed E-state index contributed by atoms with van der Waals surface area (Å²) >= 11 is 0. The second-order valence-corrected chi connectivity index (χ2v) is 4.28. The van der Waals surface area contributed by atoms with Gasteiger partial charge >= 0.3 is 5.97 Å². The van der Waals surface area contributed by atoms with Crippen LogP contribution < -0.4 is 0 Å². The summed E-state index contributed by atoms with van der Waals surface area (Å²) in [5.41, 5.74) is 0. The van der Waals surface area contributed by atoms with Crippen molar-refractivity contribution in [3.63, 3.8) is 0 Å². The molecule has 1 aromatic heterocycles. The zero-order chi connectivity index (χ0) is 14.8. The molecule has 0 saturated heterocycles. The van der Waals surface area contributed by atoms with Crippen molar-refractivity contribution in [2.75, 3.05) is 33.9 Å². The number of nitrogens with zero attached hydrogens (tertiary/aromatic N) is 1. The summed E-state index contributed by atoms with van der Waals surface area (Å²) in [6.07, 6.45) is 2.67. The molecule has 6 nitrogen and oxygen atoms in total. The van der Waals surface area contributed by atoms with E-state index in [0.29, 0.717) is 32.5 Å². The van der Waals surface area contributed by atoms with E-state index in [-0.39, 0.29) is 18.3 Å². The van der Waals surface area contributed by atoms with Gasteiger partial charge in [0.1, 0.15) is 5.76 Å². The topological polar surface area (TPSA) is 69.0 Å². The third kappa shape index (κ3) is 5.88. The summed E-state index contributed by atoms with van der Waals surface area (Å²) in [6.45, 7) is 1.24. The molecule has 1 rings (SSSR count). The molecule has 0 N–H and O–H groups in total. The maximum atomic E-state index is 12.1. The first-order valence-corrected chi connectivity index (χ1v) is 6.53. The highest BCUT2D eigenvalue weighted by Crippen LogP contribution is 2.06. The maximum Gasteiger partial charge on any atom is 0.307 e. The van der Waals surface area contributed by atoms with Gasteiger partial charge in [-0.3, -0.25) is 9.59 Å². The lowest BCUT2D eigenvalue weighted by Crippen LogP contribution is -2.36. The highest BCUT2D eigenvalue weighted by atomic mass is 16.5. The molecule has 1 heterocycles. The quantitative estimate of drug-likeness (QED) is 0.638. The lowest BCUT2D eigenvalue weighted by molar-refractivity contribution is -0.142. The van der Waals surface area contributed by atoms with Gasteiger partial charge in [-0.25, -0.2) is 0 Å². The van der Waals surface area contributed by atoms with E-state index >= 15 is 0 Å². The molecule has 0 spiro atoms. The molecule has 0 atom stereocenters. The SMILES string of the molecule is COCCN(CCC(=O)OC)C(=O)CCc1ccco1.